The first kappa shape index (κ1) is 49.5. The maximum absolute atomic E-state index is 2.39. The first-order valence-corrected chi connectivity index (χ1v) is 24.2. The van der Waals surface area contributed by atoms with Gasteiger partial charge in [0.25, 0.3) is 0 Å². The Morgan fingerprint density at radius 3 is 0.480 bits per heavy atom. The maximum Gasteiger partial charge on any atom is -0.0348 e. The quantitative estimate of drug-likeness (QED) is 0.0439. The summed E-state index contributed by atoms with van der Waals surface area (Å²) in [6.45, 7) is 4.62. The van der Waals surface area contributed by atoms with E-state index in [0.29, 0.717) is 0 Å². The molecule has 0 atom stereocenters. The third-order valence-corrected chi connectivity index (χ3v) is 11.3. The van der Waals surface area contributed by atoms with Crippen molar-refractivity contribution in [2.45, 2.75) is 296 Å². The molecule has 0 amide bonds. The van der Waals surface area contributed by atoms with Gasteiger partial charge in [0, 0.05) is 0 Å². The van der Waals surface area contributed by atoms with Crippen molar-refractivity contribution < 1.29 is 0 Å². The van der Waals surface area contributed by atoms with Crippen molar-refractivity contribution in [3.63, 3.8) is 0 Å². The number of allylic oxidation sites excluding steroid dienone is 4. The molecular formula is C50H98. The summed E-state index contributed by atoms with van der Waals surface area (Å²) >= 11 is 0. The molecule has 0 aromatic rings. The molecule has 298 valence electrons. The lowest BCUT2D eigenvalue weighted by atomic mass is 10.0. The van der Waals surface area contributed by atoms with Gasteiger partial charge in [-0.3, -0.25) is 0 Å². The summed E-state index contributed by atoms with van der Waals surface area (Å²) in [5.74, 6) is 0. The molecule has 0 aliphatic heterocycles. The average molecular weight is 699 g/mol. The summed E-state index contributed by atoms with van der Waals surface area (Å²) in [5.41, 5.74) is 0. The van der Waals surface area contributed by atoms with Crippen LogP contribution < -0.4 is 0 Å². The minimum Gasteiger partial charge on any atom is -0.0845 e. The molecule has 0 nitrogen and oxygen atoms in total. The molecule has 0 fully saturated rings. The van der Waals surface area contributed by atoms with E-state index in [1.807, 2.05) is 0 Å². The fourth-order valence-corrected chi connectivity index (χ4v) is 7.74. The lowest BCUT2D eigenvalue weighted by Crippen LogP contribution is -1.84. The smallest absolute Gasteiger partial charge is 0.0348 e. The fourth-order valence-electron chi connectivity index (χ4n) is 7.74. The van der Waals surface area contributed by atoms with Crippen molar-refractivity contribution in [2.75, 3.05) is 0 Å². The Balaban J connectivity index is 3.14. The highest BCUT2D eigenvalue weighted by molar-refractivity contribution is 5.02. The zero-order chi connectivity index (χ0) is 35.9. The molecule has 0 rings (SSSR count). The average Bonchev–Trinajstić information content (AvgIpc) is 3.13. The largest absolute Gasteiger partial charge is 0.0845 e. The second kappa shape index (κ2) is 48.5. The van der Waals surface area contributed by atoms with Gasteiger partial charge >= 0.3 is 0 Å². The van der Waals surface area contributed by atoms with Gasteiger partial charge in [-0.15, -0.1) is 0 Å². The molecule has 0 spiro atoms. The zero-order valence-corrected chi connectivity index (χ0v) is 35.4. The molecule has 0 aromatic carbocycles. The van der Waals surface area contributed by atoms with E-state index in [0.717, 1.165) is 0 Å². The Morgan fingerprint density at radius 1 is 0.180 bits per heavy atom. The van der Waals surface area contributed by atoms with Crippen LogP contribution in [-0.4, -0.2) is 0 Å². The van der Waals surface area contributed by atoms with Gasteiger partial charge in [-0.05, 0) is 25.7 Å². The molecule has 0 heteroatoms. The summed E-state index contributed by atoms with van der Waals surface area (Å²) in [7, 11) is 0. The second-order valence-electron chi connectivity index (χ2n) is 16.6. The number of unbranched alkanes of at least 4 members (excludes halogenated alkanes) is 42. The van der Waals surface area contributed by atoms with E-state index in [1.54, 1.807) is 0 Å². The maximum atomic E-state index is 2.39. The lowest BCUT2D eigenvalue weighted by Gasteiger charge is -2.04. The van der Waals surface area contributed by atoms with Crippen LogP contribution in [0, 0.1) is 0 Å². The number of rotatable bonds is 45. The van der Waals surface area contributed by atoms with Crippen LogP contribution in [0.15, 0.2) is 24.3 Å². The van der Waals surface area contributed by atoms with Gasteiger partial charge in [-0.25, -0.2) is 0 Å². The van der Waals surface area contributed by atoms with Crippen LogP contribution in [0.3, 0.4) is 0 Å². The molecule has 0 bridgehead atoms. The van der Waals surface area contributed by atoms with Crippen LogP contribution in [0.4, 0.5) is 0 Å². The van der Waals surface area contributed by atoms with Crippen molar-refractivity contribution in [3.05, 3.63) is 24.3 Å². The predicted octanol–water partition coefficient (Wildman–Crippen LogP) is 19.3. The van der Waals surface area contributed by atoms with Crippen LogP contribution in [0.25, 0.3) is 0 Å². The molecular weight excluding hydrogens is 601 g/mol. The standard InChI is InChI=1S/C50H98/c1-3-5-7-9-11-13-15-17-19-21-23-25-27-29-31-33-35-37-39-41-43-45-47-49-50-48-46-44-42-40-38-36-34-32-30-28-26-24-22-20-18-16-14-12-10-8-6-4-2/h45,47,49-50H,3-44,46,48H2,1-2H3. The highest BCUT2D eigenvalue weighted by Crippen LogP contribution is 2.17. The van der Waals surface area contributed by atoms with Gasteiger partial charge in [0.05, 0.1) is 0 Å². The predicted molar refractivity (Wildman–Crippen MR) is 233 cm³/mol. The SMILES string of the molecule is CCCCCCCCCCCCCCCCCCCCCCC=CC=CCCCCCCCCCCCCCCCCCCCCCCCC. The van der Waals surface area contributed by atoms with Gasteiger partial charge in [0.15, 0.2) is 0 Å². The number of hydrogen-bond acceptors (Lipinski definition) is 0. The van der Waals surface area contributed by atoms with Crippen molar-refractivity contribution >= 4 is 0 Å². The second-order valence-corrected chi connectivity index (χ2v) is 16.6. The zero-order valence-electron chi connectivity index (χ0n) is 35.4. The molecule has 0 heterocycles. The third-order valence-electron chi connectivity index (χ3n) is 11.3. The Kier molecular flexibility index (Phi) is 48.0. The van der Waals surface area contributed by atoms with Gasteiger partial charge in [0.1, 0.15) is 0 Å². The Labute approximate surface area is 319 Å². The molecule has 0 aliphatic rings. The monoisotopic (exact) mass is 699 g/mol. The van der Waals surface area contributed by atoms with Gasteiger partial charge in [-0.2, -0.15) is 0 Å². The van der Waals surface area contributed by atoms with E-state index in [2.05, 4.69) is 38.2 Å². The van der Waals surface area contributed by atoms with E-state index >= 15 is 0 Å². The third kappa shape index (κ3) is 47.5. The molecule has 0 aromatic heterocycles. The van der Waals surface area contributed by atoms with Crippen LogP contribution in [0.1, 0.15) is 296 Å². The number of hydrogen-bond donors (Lipinski definition) is 0. The molecule has 50 heavy (non-hydrogen) atoms. The minimum absolute atomic E-state index is 1.27. The molecule has 0 radical (unpaired) electrons. The normalized spacial score (nSPS) is 12.0. The van der Waals surface area contributed by atoms with Crippen molar-refractivity contribution in [1.82, 2.24) is 0 Å². The van der Waals surface area contributed by atoms with Crippen molar-refractivity contribution in [3.8, 4) is 0 Å². The fraction of sp³-hybridized carbons (Fsp3) is 0.920. The summed E-state index contributed by atoms with van der Waals surface area (Å²) in [6, 6.07) is 0. The minimum atomic E-state index is 1.27. The van der Waals surface area contributed by atoms with Crippen LogP contribution in [0.2, 0.25) is 0 Å². The molecule has 0 unspecified atom stereocenters. The van der Waals surface area contributed by atoms with E-state index in [4.69, 9.17) is 0 Å². The molecule has 0 N–H and O–H groups in total. The van der Waals surface area contributed by atoms with Gasteiger partial charge in [0.2, 0.25) is 0 Å². The van der Waals surface area contributed by atoms with E-state index < -0.39 is 0 Å². The van der Waals surface area contributed by atoms with E-state index in [-0.39, 0.29) is 0 Å². The van der Waals surface area contributed by atoms with E-state index in [9.17, 15) is 0 Å². The summed E-state index contributed by atoms with van der Waals surface area (Å²) < 4.78 is 0. The highest BCUT2D eigenvalue weighted by Gasteiger charge is 1.97. The first-order valence-electron chi connectivity index (χ1n) is 24.2. The Morgan fingerprint density at radius 2 is 0.320 bits per heavy atom. The van der Waals surface area contributed by atoms with Crippen molar-refractivity contribution in [2.24, 2.45) is 0 Å². The van der Waals surface area contributed by atoms with Crippen LogP contribution in [-0.2, 0) is 0 Å². The van der Waals surface area contributed by atoms with Crippen LogP contribution >= 0.6 is 0 Å². The summed E-state index contributed by atoms with van der Waals surface area (Å²) in [6.07, 6.45) is 73.4. The van der Waals surface area contributed by atoms with Gasteiger partial charge in [-0.1, -0.05) is 295 Å². The van der Waals surface area contributed by atoms with E-state index in [1.165, 1.54) is 283 Å². The molecule has 0 saturated heterocycles. The van der Waals surface area contributed by atoms with Crippen LogP contribution in [0.5, 0.6) is 0 Å². The van der Waals surface area contributed by atoms with Crippen molar-refractivity contribution in [1.29, 1.82) is 0 Å². The Bertz CT molecular complexity index is 614. The van der Waals surface area contributed by atoms with Gasteiger partial charge < -0.3 is 0 Å². The lowest BCUT2D eigenvalue weighted by molar-refractivity contribution is 0.519. The topological polar surface area (TPSA) is 0 Å². The molecule has 0 aliphatic carbocycles. The highest BCUT2D eigenvalue weighted by atomic mass is 14.0. The summed E-state index contributed by atoms with van der Waals surface area (Å²) in [5, 5.41) is 0. The molecule has 0 saturated carbocycles. The summed E-state index contributed by atoms with van der Waals surface area (Å²) in [4.78, 5) is 0. The first-order chi connectivity index (χ1) is 24.9. The Hall–Kier alpha value is -0.520.